The van der Waals surface area contributed by atoms with Crippen LogP contribution in [-0.2, 0) is 18.3 Å². The molecule has 0 amide bonds. The Balaban J connectivity index is 2.47. The summed E-state index contributed by atoms with van der Waals surface area (Å²) < 4.78 is 1.86. The van der Waals surface area contributed by atoms with Crippen molar-refractivity contribution in [1.29, 1.82) is 0 Å². The Hall–Kier alpha value is -1.36. The molecule has 0 fully saturated rings. The van der Waals surface area contributed by atoms with E-state index in [1.807, 2.05) is 24.7 Å². The maximum absolute atomic E-state index is 10.7. The number of aromatic nitrogens is 2. The molecule has 1 atom stereocenters. The molecule has 1 unspecified atom stereocenters. The van der Waals surface area contributed by atoms with Crippen LogP contribution in [0.5, 0.6) is 0 Å². The first-order valence-corrected chi connectivity index (χ1v) is 5.97. The molecule has 5 nitrogen and oxygen atoms in total. The van der Waals surface area contributed by atoms with Crippen LogP contribution in [0.1, 0.15) is 26.0 Å². The van der Waals surface area contributed by atoms with Crippen molar-refractivity contribution >= 4 is 5.97 Å². The molecule has 5 heteroatoms. The van der Waals surface area contributed by atoms with Gasteiger partial charge in [-0.1, -0.05) is 6.92 Å². The Labute approximate surface area is 102 Å². The first-order valence-electron chi connectivity index (χ1n) is 5.97. The molecule has 96 valence electrons. The molecule has 0 aliphatic carbocycles. The summed E-state index contributed by atoms with van der Waals surface area (Å²) in [7, 11) is 1.92. The number of hydrogen-bond acceptors (Lipinski definition) is 3. The maximum Gasteiger partial charge on any atom is 0.304 e. The standard InChI is InChI=1S/C12H21N3O2/c1-4-15(10(2)9-12(16)17)8-6-11-5-7-13-14(11)3/h5,7,10H,4,6,8-9H2,1-3H3,(H,16,17). The summed E-state index contributed by atoms with van der Waals surface area (Å²) in [6.07, 6.45) is 2.87. The number of aliphatic carboxylic acids is 1. The Kier molecular flexibility index (Phi) is 5.15. The van der Waals surface area contributed by atoms with Gasteiger partial charge in [-0.25, -0.2) is 0 Å². The van der Waals surface area contributed by atoms with Crippen molar-refractivity contribution in [3.63, 3.8) is 0 Å². The van der Waals surface area contributed by atoms with Gasteiger partial charge in [-0.3, -0.25) is 14.4 Å². The van der Waals surface area contributed by atoms with Gasteiger partial charge in [-0.15, -0.1) is 0 Å². The highest BCUT2D eigenvalue weighted by Gasteiger charge is 2.15. The van der Waals surface area contributed by atoms with Crippen LogP contribution < -0.4 is 0 Å². The number of aryl methyl sites for hydroxylation is 1. The first-order chi connectivity index (χ1) is 8.04. The molecule has 1 N–H and O–H groups in total. The third-order valence-corrected chi connectivity index (χ3v) is 3.08. The van der Waals surface area contributed by atoms with Crippen molar-refractivity contribution in [1.82, 2.24) is 14.7 Å². The van der Waals surface area contributed by atoms with E-state index in [4.69, 9.17) is 5.11 Å². The molecule has 17 heavy (non-hydrogen) atoms. The number of hydrogen-bond donors (Lipinski definition) is 1. The lowest BCUT2D eigenvalue weighted by Crippen LogP contribution is -2.36. The molecule has 1 rings (SSSR count). The fourth-order valence-electron chi connectivity index (χ4n) is 1.98. The Morgan fingerprint density at radius 2 is 2.35 bits per heavy atom. The molecular weight excluding hydrogens is 218 g/mol. The van der Waals surface area contributed by atoms with E-state index in [1.165, 1.54) is 5.69 Å². The predicted octanol–water partition coefficient (Wildman–Crippen LogP) is 1.15. The van der Waals surface area contributed by atoms with Gasteiger partial charge in [0, 0.05) is 37.9 Å². The zero-order chi connectivity index (χ0) is 12.8. The minimum absolute atomic E-state index is 0.0747. The van der Waals surface area contributed by atoms with Crippen LogP contribution in [0.3, 0.4) is 0 Å². The second-order valence-electron chi connectivity index (χ2n) is 4.27. The quantitative estimate of drug-likeness (QED) is 0.775. The smallest absolute Gasteiger partial charge is 0.304 e. The zero-order valence-electron chi connectivity index (χ0n) is 10.8. The minimum atomic E-state index is -0.739. The van der Waals surface area contributed by atoms with Crippen LogP contribution >= 0.6 is 0 Å². The number of rotatable bonds is 7. The van der Waals surface area contributed by atoms with E-state index in [2.05, 4.69) is 16.9 Å². The van der Waals surface area contributed by atoms with Gasteiger partial charge in [-0.05, 0) is 19.5 Å². The van der Waals surface area contributed by atoms with Crippen molar-refractivity contribution in [3.8, 4) is 0 Å². The summed E-state index contributed by atoms with van der Waals surface area (Å²) in [5.74, 6) is -0.739. The molecule has 0 spiro atoms. The van der Waals surface area contributed by atoms with Crippen molar-refractivity contribution in [2.45, 2.75) is 32.7 Å². The van der Waals surface area contributed by atoms with Gasteiger partial charge in [0.25, 0.3) is 0 Å². The highest BCUT2D eigenvalue weighted by molar-refractivity contribution is 5.67. The highest BCUT2D eigenvalue weighted by Crippen LogP contribution is 2.06. The fraction of sp³-hybridized carbons (Fsp3) is 0.667. The van der Waals surface area contributed by atoms with Gasteiger partial charge in [0.15, 0.2) is 0 Å². The van der Waals surface area contributed by atoms with E-state index in [1.54, 1.807) is 6.20 Å². The number of likely N-dealkylation sites (N-methyl/N-ethyl adjacent to an activating group) is 1. The van der Waals surface area contributed by atoms with Crippen LogP contribution in [0.2, 0.25) is 0 Å². The summed E-state index contributed by atoms with van der Waals surface area (Å²) >= 11 is 0. The Morgan fingerprint density at radius 3 is 2.82 bits per heavy atom. The molecule has 0 radical (unpaired) electrons. The van der Waals surface area contributed by atoms with Crippen LogP contribution in [0.25, 0.3) is 0 Å². The predicted molar refractivity (Wildman–Crippen MR) is 65.9 cm³/mol. The molecule has 0 saturated carbocycles. The van der Waals surface area contributed by atoms with Gasteiger partial charge in [-0.2, -0.15) is 5.10 Å². The topological polar surface area (TPSA) is 58.4 Å². The van der Waals surface area contributed by atoms with Crippen molar-refractivity contribution in [2.24, 2.45) is 7.05 Å². The largest absolute Gasteiger partial charge is 0.481 e. The summed E-state index contributed by atoms with van der Waals surface area (Å²) in [5.41, 5.74) is 1.17. The lowest BCUT2D eigenvalue weighted by atomic mass is 10.2. The molecule has 1 heterocycles. The third-order valence-electron chi connectivity index (χ3n) is 3.08. The second kappa shape index (κ2) is 6.39. The number of carboxylic acid groups (broad SMARTS) is 1. The molecule has 0 aliphatic rings. The van der Waals surface area contributed by atoms with Crippen molar-refractivity contribution in [2.75, 3.05) is 13.1 Å². The fourth-order valence-corrected chi connectivity index (χ4v) is 1.98. The molecule has 0 saturated heterocycles. The first kappa shape index (κ1) is 13.7. The lowest BCUT2D eigenvalue weighted by Gasteiger charge is -2.26. The van der Waals surface area contributed by atoms with E-state index >= 15 is 0 Å². The number of carboxylic acids is 1. The van der Waals surface area contributed by atoms with E-state index in [0.717, 1.165) is 19.5 Å². The molecule has 0 aromatic carbocycles. The van der Waals surface area contributed by atoms with Gasteiger partial charge >= 0.3 is 5.97 Å². The lowest BCUT2D eigenvalue weighted by molar-refractivity contribution is -0.138. The third kappa shape index (κ3) is 4.19. The van der Waals surface area contributed by atoms with Gasteiger partial charge in [0.05, 0.1) is 6.42 Å². The second-order valence-corrected chi connectivity index (χ2v) is 4.27. The van der Waals surface area contributed by atoms with Crippen LogP contribution in [0.15, 0.2) is 12.3 Å². The van der Waals surface area contributed by atoms with E-state index in [0.29, 0.717) is 0 Å². The number of carbonyl (C=O) groups is 1. The van der Waals surface area contributed by atoms with E-state index in [9.17, 15) is 4.79 Å². The summed E-state index contributed by atoms with van der Waals surface area (Å²) in [6.45, 7) is 5.75. The van der Waals surface area contributed by atoms with E-state index in [-0.39, 0.29) is 12.5 Å². The van der Waals surface area contributed by atoms with Crippen LogP contribution in [0.4, 0.5) is 0 Å². The van der Waals surface area contributed by atoms with Gasteiger partial charge < -0.3 is 5.11 Å². The zero-order valence-corrected chi connectivity index (χ0v) is 10.8. The van der Waals surface area contributed by atoms with Crippen molar-refractivity contribution < 1.29 is 9.90 Å². The van der Waals surface area contributed by atoms with Gasteiger partial charge in [0.1, 0.15) is 0 Å². The van der Waals surface area contributed by atoms with Gasteiger partial charge in [0.2, 0.25) is 0 Å². The van der Waals surface area contributed by atoms with Crippen LogP contribution in [-0.4, -0.2) is 44.9 Å². The molecule has 1 aromatic heterocycles. The minimum Gasteiger partial charge on any atom is -0.481 e. The SMILES string of the molecule is CCN(CCc1ccnn1C)C(C)CC(=O)O. The highest BCUT2D eigenvalue weighted by atomic mass is 16.4. The normalized spacial score (nSPS) is 12.9. The van der Waals surface area contributed by atoms with E-state index < -0.39 is 5.97 Å². The average Bonchev–Trinajstić information content (AvgIpc) is 2.64. The maximum atomic E-state index is 10.7. The average molecular weight is 239 g/mol. The Morgan fingerprint density at radius 1 is 1.65 bits per heavy atom. The summed E-state index contributed by atoms with van der Waals surface area (Å²) in [5, 5.41) is 12.9. The Bertz CT molecular complexity index is 362. The molecular formula is C12H21N3O2. The summed E-state index contributed by atoms with van der Waals surface area (Å²) in [6, 6.07) is 2.07. The molecule has 1 aromatic rings. The monoisotopic (exact) mass is 239 g/mol. The molecule has 0 bridgehead atoms. The number of nitrogens with zero attached hydrogens (tertiary/aromatic N) is 3. The van der Waals surface area contributed by atoms with Crippen molar-refractivity contribution in [3.05, 3.63) is 18.0 Å². The van der Waals surface area contributed by atoms with Crippen LogP contribution in [0, 0.1) is 0 Å². The summed E-state index contributed by atoms with van der Waals surface area (Å²) in [4.78, 5) is 12.9. The molecule has 0 aliphatic heterocycles.